The van der Waals surface area contributed by atoms with Gasteiger partial charge in [0.2, 0.25) is 10.0 Å². The average Bonchev–Trinajstić information content (AvgIpc) is 2.59. The van der Waals surface area contributed by atoms with Crippen LogP contribution in [-0.4, -0.2) is 56.5 Å². The van der Waals surface area contributed by atoms with E-state index in [4.69, 9.17) is 4.99 Å². The summed E-state index contributed by atoms with van der Waals surface area (Å²) in [6.45, 7) is 10.0. The van der Waals surface area contributed by atoms with Crippen molar-refractivity contribution in [2.45, 2.75) is 37.8 Å². The molecule has 0 unspecified atom stereocenters. The van der Waals surface area contributed by atoms with Gasteiger partial charge in [-0.15, -0.1) is 0 Å². The van der Waals surface area contributed by atoms with Gasteiger partial charge in [0.1, 0.15) is 0 Å². The largest absolute Gasteiger partial charge is 0.357 e. The van der Waals surface area contributed by atoms with Crippen molar-refractivity contribution in [3.8, 4) is 0 Å². The van der Waals surface area contributed by atoms with Gasteiger partial charge in [-0.05, 0) is 38.9 Å². The monoisotopic (exact) mass is 398 g/mol. The molecule has 0 radical (unpaired) electrons. The average molecular weight is 399 g/mol. The second-order valence-electron chi connectivity index (χ2n) is 6.98. The molecule has 2 rings (SSSR count). The number of rotatable bonds is 6. The van der Waals surface area contributed by atoms with Crippen LogP contribution in [0.1, 0.15) is 31.9 Å². The molecule has 1 saturated heterocycles. The van der Waals surface area contributed by atoms with E-state index in [1.165, 1.54) is 7.05 Å². The van der Waals surface area contributed by atoms with Gasteiger partial charge in [0, 0.05) is 30.1 Å². The van der Waals surface area contributed by atoms with Crippen molar-refractivity contribution in [1.29, 1.82) is 0 Å². The van der Waals surface area contributed by atoms with E-state index in [0.717, 1.165) is 42.5 Å². The van der Waals surface area contributed by atoms with E-state index in [9.17, 15) is 8.42 Å². The summed E-state index contributed by atoms with van der Waals surface area (Å²) in [7, 11) is -1.81. The lowest BCUT2D eigenvalue weighted by Crippen LogP contribution is -2.50. The van der Waals surface area contributed by atoms with Crippen molar-refractivity contribution in [3.05, 3.63) is 35.4 Å². The molecule has 0 amide bonds. The third kappa shape index (κ3) is 6.48. The first-order valence-corrected chi connectivity index (χ1v) is 11.5. The Bertz CT molecular complexity index is 715. The molecule has 0 atom stereocenters. The molecule has 0 bridgehead atoms. The number of hydrogen-bond donors (Lipinski definition) is 2. The van der Waals surface area contributed by atoms with E-state index in [1.807, 2.05) is 36.0 Å². The Morgan fingerprint density at radius 2 is 1.92 bits per heavy atom. The van der Waals surface area contributed by atoms with Crippen LogP contribution in [-0.2, 0) is 22.3 Å². The van der Waals surface area contributed by atoms with Crippen LogP contribution in [0.5, 0.6) is 0 Å². The fourth-order valence-corrected chi connectivity index (χ4v) is 4.71. The van der Waals surface area contributed by atoms with E-state index in [2.05, 4.69) is 35.7 Å². The minimum atomic E-state index is -3.24. The SMILES string of the molecule is CCNC(=NCc1ccc(CS(=O)(=O)NC)cc1)N1CCSC(C)(C)C1. The van der Waals surface area contributed by atoms with Crippen molar-refractivity contribution >= 4 is 27.7 Å². The van der Waals surface area contributed by atoms with Gasteiger partial charge in [0.15, 0.2) is 5.96 Å². The fraction of sp³-hybridized carbons (Fsp3) is 0.611. The van der Waals surface area contributed by atoms with Crippen molar-refractivity contribution in [3.63, 3.8) is 0 Å². The summed E-state index contributed by atoms with van der Waals surface area (Å²) < 4.78 is 25.8. The van der Waals surface area contributed by atoms with E-state index in [-0.39, 0.29) is 10.5 Å². The number of sulfonamides is 1. The van der Waals surface area contributed by atoms with Crippen molar-refractivity contribution in [2.24, 2.45) is 4.99 Å². The number of aliphatic imine (C=N–C) groups is 1. The Hall–Kier alpha value is -1.25. The standard InChI is InChI=1S/C18H30N4O2S2/c1-5-20-17(22-10-11-25-18(2,3)14-22)21-12-15-6-8-16(9-7-15)13-26(23,24)19-4/h6-9,19H,5,10-14H2,1-4H3,(H,20,21). The number of nitrogens with one attached hydrogen (secondary N) is 2. The first-order valence-electron chi connectivity index (χ1n) is 8.91. The van der Waals surface area contributed by atoms with Crippen LogP contribution in [0.3, 0.4) is 0 Å². The molecular formula is C18H30N4O2S2. The van der Waals surface area contributed by atoms with Crippen molar-refractivity contribution in [1.82, 2.24) is 14.9 Å². The highest BCUT2D eigenvalue weighted by molar-refractivity contribution is 8.00. The third-order valence-corrected chi connectivity index (χ3v) is 6.79. The summed E-state index contributed by atoms with van der Waals surface area (Å²) in [5, 5.41) is 3.39. The van der Waals surface area contributed by atoms with Crippen molar-refractivity contribution < 1.29 is 8.42 Å². The highest BCUT2D eigenvalue weighted by atomic mass is 32.2. The van der Waals surface area contributed by atoms with Gasteiger partial charge in [-0.25, -0.2) is 18.1 Å². The molecule has 1 aliphatic heterocycles. The van der Waals surface area contributed by atoms with Crippen LogP contribution >= 0.6 is 11.8 Å². The smallest absolute Gasteiger partial charge is 0.215 e. The summed E-state index contributed by atoms with van der Waals surface area (Å²) in [6, 6.07) is 7.60. The van der Waals surface area contributed by atoms with Crippen LogP contribution in [0.4, 0.5) is 0 Å². The Morgan fingerprint density at radius 3 is 2.50 bits per heavy atom. The molecule has 0 aromatic heterocycles. The summed E-state index contributed by atoms with van der Waals surface area (Å²) in [4.78, 5) is 7.11. The normalized spacial score (nSPS) is 18.0. The lowest BCUT2D eigenvalue weighted by molar-refractivity contribution is 0.376. The number of guanidine groups is 1. The second-order valence-corrected chi connectivity index (χ2v) is 10.7. The minimum Gasteiger partial charge on any atom is -0.357 e. The predicted octanol–water partition coefficient (Wildman–Crippen LogP) is 2.03. The fourth-order valence-electron chi connectivity index (χ4n) is 2.82. The predicted molar refractivity (Wildman–Crippen MR) is 111 cm³/mol. The molecule has 0 saturated carbocycles. The highest BCUT2D eigenvalue weighted by Gasteiger charge is 2.28. The van der Waals surface area contributed by atoms with Gasteiger partial charge in [-0.3, -0.25) is 0 Å². The maximum atomic E-state index is 11.6. The molecule has 1 fully saturated rings. The molecule has 26 heavy (non-hydrogen) atoms. The lowest BCUT2D eigenvalue weighted by Gasteiger charge is -2.39. The van der Waals surface area contributed by atoms with E-state index in [1.54, 1.807) is 0 Å². The zero-order chi connectivity index (χ0) is 19.2. The molecule has 8 heteroatoms. The van der Waals surface area contributed by atoms with Crippen molar-refractivity contribution in [2.75, 3.05) is 32.4 Å². The first-order chi connectivity index (χ1) is 12.2. The van der Waals surface area contributed by atoms with Crippen LogP contribution in [0.25, 0.3) is 0 Å². The number of hydrogen-bond acceptors (Lipinski definition) is 4. The number of benzene rings is 1. The molecule has 1 aromatic rings. The van der Waals surface area contributed by atoms with E-state index >= 15 is 0 Å². The summed E-state index contributed by atoms with van der Waals surface area (Å²) >= 11 is 2.00. The van der Waals surface area contributed by atoms with Gasteiger partial charge in [0.05, 0.1) is 12.3 Å². The highest BCUT2D eigenvalue weighted by Crippen LogP contribution is 2.29. The molecule has 0 aliphatic carbocycles. The van der Waals surface area contributed by atoms with Gasteiger partial charge < -0.3 is 10.2 Å². The van der Waals surface area contributed by atoms with Crippen LogP contribution in [0.15, 0.2) is 29.3 Å². The van der Waals surface area contributed by atoms with E-state index in [0.29, 0.717) is 6.54 Å². The molecule has 146 valence electrons. The zero-order valence-corrected chi connectivity index (χ0v) is 17.7. The van der Waals surface area contributed by atoms with Crippen LogP contribution in [0, 0.1) is 0 Å². The molecule has 1 aliphatic rings. The lowest BCUT2D eigenvalue weighted by atomic mass is 10.1. The van der Waals surface area contributed by atoms with Gasteiger partial charge in [0.25, 0.3) is 0 Å². The molecule has 0 spiro atoms. The quantitative estimate of drug-likeness (QED) is 0.567. The van der Waals surface area contributed by atoms with E-state index < -0.39 is 10.0 Å². The zero-order valence-electron chi connectivity index (χ0n) is 16.1. The molecule has 1 aromatic carbocycles. The van der Waals surface area contributed by atoms with Gasteiger partial charge in [-0.2, -0.15) is 11.8 Å². The summed E-state index contributed by atoms with van der Waals surface area (Å²) in [5.41, 5.74) is 1.84. The Labute approximate surface area is 161 Å². The summed E-state index contributed by atoms with van der Waals surface area (Å²) in [6.07, 6.45) is 0. The molecule has 2 N–H and O–H groups in total. The maximum Gasteiger partial charge on any atom is 0.215 e. The summed E-state index contributed by atoms with van der Waals surface area (Å²) in [5.74, 6) is 2.05. The van der Waals surface area contributed by atoms with Gasteiger partial charge in [-0.1, -0.05) is 24.3 Å². The Balaban J connectivity index is 2.05. The third-order valence-electron chi connectivity index (χ3n) is 4.16. The Morgan fingerprint density at radius 1 is 1.27 bits per heavy atom. The molecule has 1 heterocycles. The number of thioether (sulfide) groups is 1. The van der Waals surface area contributed by atoms with Crippen LogP contribution < -0.4 is 10.0 Å². The molecular weight excluding hydrogens is 368 g/mol. The minimum absolute atomic E-state index is 0.00375. The number of nitrogens with zero attached hydrogens (tertiary/aromatic N) is 2. The first kappa shape index (κ1) is 21.1. The van der Waals surface area contributed by atoms with Gasteiger partial charge >= 0.3 is 0 Å². The molecule has 6 nitrogen and oxygen atoms in total. The second kappa shape index (κ2) is 9.10. The topological polar surface area (TPSA) is 73.8 Å². The Kier molecular flexibility index (Phi) is 7.37. The maximum absolute atomic E-state index is 11.6. The van der Waals surface area contributed by atoms with Crippen LogP contribution in [0.2, 0.25) is 0 Å².